The van der Waals surface area contributed by atoms with E-state index in [1.165, 1.54) is 4.90 Å². The highest BCUT2D eigenvalue weighted by Crippen LogP contribution is 2.28. The molecule has 0 aromatic heterocycles. The number of esters is 1. The first-order valence-electron chi connectivity index (χ1n) is 9.18. The van der Waals surface area contributed by atoms with Gasteiger partial charge in [0.15, 0.2) is 6.61 Å². The number of aryl methyl sites for hydroxylation is 1. The number of nitrogens with zero attached hydrogens (tertiary/aromatic N) is 1. The van der Waals surface area contributed by atoms with Gasteiger partial charge in [-0.1, -0.05) is 23.7 Å². The van der Waals surface area contributed by atoms with Crippen LogP contribution in [-0.4, -0.2) is 37.5 Å². The Morgan fingerprint density at radius 1 is 1.21 bits per heavy atom. The van der Waals surface area contributed by atoms with Crippen molar-refractivity contribution < 1.29 is 23.9 Å². The third-order valence-corrected chi connectivity index (χ3v) is 4.78. The second-order valence-corrected chi connectivity index (χ2v) is 6.98. The van der Waals surface area contributed by atoms with E-state index in [4.69, 9.17) is 21.1 Å². The SMILES string of the molecule is Cc1cc(OCCCC(=O)OCC(=O)N2CC(=O)Nc3ccccc32)ccc1Cl. The van der Waals surface area contributed by atoms with E-state index in [1.807, 2.05) is 13.0 Å². The quantitative estimate of drug-likeness (QED) is 0.552. The molecule has 2 aromatic carbocycles. The average Bonchev–Trinajstić information content (AvgIpc) is 2.71. The zero-order valence-electron chi connectivity index (χ0n) is 15.9. The first-order chi connectivity index (χ1) is 13.9. The fraction of sp³-hybridized carbons (Fsp3) is 0.286. The van der Waals surface area contributed by atoms with Crippen LogP contribution >= 0.6 is 11.6 Å². The number of fused-ring (bicyclic) bond motifs is 1. The van der Waals surface area contributed by atoms with Crippen molar-refractivity contribution in [1.82, 2.24) is 0 Å². The number of ether oxygens (including phenoxy) is 2. The van der Waals surface area contributed by atoms with Crippen LogP contribution in [0.5, 0.6) is 5.75 Å². The number of halogens is 1. The molecule has 0 fully saturated rings. The third kappa shape index (κ3) is 5.48. The molecule has 8 heteroatoms. The third-order valence-electron chi connectivity index (χ3n) is 4.35. The lowest BCUT2D eigenvalue weighted by molar-refractivity contribution is -0.148. The molecule has 1 aliphatic heterocycles. The number of hydrogen-bond acceptors (Lipinski definition) is 5. The first-order valence-corrected chi connectivity index (χ1v) is 9.55. The van der Waals surface area contributed by atoms with Crippen molar-refractivity contribution >= 4 is 40.8 Å². The zero-order chi connectivity index (χ0) is 20.8. The van der Waals surface area contributed by atoms with E-state index in [0.29, 0.717) is 35.2 Å². The lowest BCUT2D eigenvalue weighted by Crippen LogP contribution is -2.44. The molecule has 152 valence electrons. The summed E-state index contributed by atoms with van der Waals surface area (Å²) in [5, 5.41) is 3.37. The molecule has 0 atom stereocenters. The number of benzene rings is 2. The Balaban J connectivity index is 1.42. The summed E-state index contributed by atoms with van der Waals surface area (Å²) in [5.41, 5.74) is 2.05. The number of para-hydroxylation sites is 2. The number of rotatable bonds is 7. The van der Waals surface area contributed by atoms with Crippen molar-refractivity contribution in [3.05, 3.63) is 53.1 Å². The predicted molar refractivity (Wildman–Crippen MR) is 109 cm³/mol. The Labute approximate surface area is 173 Å². The Morgan fingerprint density at radius 3 is 2.79 bits per heavy atom. The zero-order valence-corrected chi connectivity index (χ0v) is 16.7. The molecule has 1 heterocycles. The van der Waals surface area contributed by atoms with E-state index in [0.717, 1.165) is 5.56 Å². The standard InChI is InChI=1S/C21H21ClN2O5/c1-14-11-15(8-9-16(14)22)28-10-4-7-21(27)29-13-20(26)24-12-19(25)23-17-5-2-3-6-18(17)24/h2-3,5-6,8-9,11H,4,7,10,12-13H2,1H3,(H,23,25). The summed E-state index contributed by atoms with van der Waals surface area (Å²) in [6.07, 6.45) is 0.570. The lowest BCUT2D eigenvalue weighted by atomic mass is 10.2. The van der Waals surface area contributed by atoms with Crippen molar-refractivity contribution in [3.63, 3.8) is 0 Å². The smallest absolute Gasteiger partial charge is 0.306 e. The van der Waals surface area contributed by atoms with Gasteiger partial charge >= 0.3 is 5.97 Å². The minimum Gasteiger partial charge on any atom is -0.494 e. The topological polar surface area (TPSA) is 84.9 Å². The van der Waals surface area contributed by atoms with Crippen molar-refractivity contribution in [2.45, 2.75) is 19.8 Å². The molecule has 1 aliphatic rings. The summed E-state index contributed by atoms with van der Waals surface area (Å²) >= 11 is 5.97. The molecule has 7 nitrogen and oxygen atoms in total. The molecule has 2 aromatic rings. The van der Waals surface area contributed by atoms with Crippen LogP contribution in [0.3, 0.4) is 0 Å². The molecular formula is C21H21ClN2O5. The highest BCUT2D eigenvalue weighted by Gasteiger charge is 2.27. The predicted octanol–water partition coefficient (Wildman–Crippen LogP) is 3.34. The van der Waals surface area contributed by atoms with Gasteiger partial charge in [0.05, 0.1) is 18.0 Å². The normalized spacial score (nSPS) is 12.8. The lowest BCUT2D eigenvalue weighted by Gasteiger charge is -2.28. The van der Waals surface area contributed by atoms with Crippen molar-refractivity contribution in [2.24, 2.45) is 0 Å². The fourth-order valence-corrected chi connectivity index (χ4v) is 2.98. The summed E-state index contributed by atoms with van der Waals surface area (Å²) in [7, 11) is 0. The summed E-state index contributed by atoms with van der Waals surface area (Å²) in [6.45, 7) is 1.69. The van der Waals surface area contributed by atoms with Gasteiger partial charge in [0.2, 0.25) is 5.91 Å². The van der Waals surface area contributed by atoms with Crippen LogP contribution in [0.4, 0.5) is 11.4 Å². The number of anilines is 2. The van der Waals surface area contributed by atoms with Crippen LogP contribution in [0.25, 0.3) is 0 Å². The number of carbonyl (C=O) groups is 3. The summed E-state index contributed by atoms with van der Waals surface area (Å²) < 4.78 is 10.6. The maximum absolute atomic E-state index is 12.4. The average molecular weight is 417 g/mol. The van der Waals surface area contributed by atoms with E-state index >= 15 is 0 Å². The van der Waals surface area contributed by atoms with Crippen LogP contribution < -0.4 is 15.0 Å². The monoisotopic (exact) mass is 416 g/mol. The molecule has 0 aliphatic carbocycles. The summed E-state index contributed by atoms with van der Waals surface area (Å²) in [5.74, 6) is -0.562. The van der Waals surface area contributed by atoms with Crippen LogP contribution in [0.2, 0.25) is 5.02 Å². The summed E-state index contributed by atoms with van der Waals surface area (Å²) in [4.78, 5) is 37.4. The van der Waals surface area contributed by atoms with E-state index in [9.17, 15) is 14.4 Å². The maximum atomic E-state index is 12.4. The minimum atomic E-state index is -0.496. The van der Waals surface area contributed by atoms with Gasteiger partial charge in [0, 0.05) is 11.4 Å². The van der Waals surface area contributed by atoms with Crippen molar-refractivity contribution in [1.29, 1.82) is 0 Å². The Hall–Kier alpha value is -3.06. The van der Waals surface area contributed by atoms with Crippen LogP contribution in [0.15, 0.2) is 42.5 Å². The molecule has 0 saturated heterocycles. The van der Waals surface area contributed by atoms with Gasteiger partial charge in [0.25, 0.3) is 5.91 Å². The largest absolute Gasteiger partial charge is 0.494 e. The van der Waals surface area contributed by atoms with Crippen LogP contribution in [-0.2, 0) is 19.1 Å². The molecule has 3 rings (SSSR count). The molecule has 0 bridgehead atoms. The van der Waals surface area contributed by atoms with Crippen LogP contribution in [0, 0.1) is 6.92 Å². The second-order valence-electron chi connectivity index (χ2n) is 6.57. The van der Waals surface area contributed by atoms with Gasteiger partial charge in [-0.2, -0.15) is 0 Å². The minimum absolute atomic E-state index is 0.109. The number of hydrogen-bond donors (Lipinski definition) is 1. The molecular weight excluding hydrogens is 396 g/mol. The Kier molecular flexibility index (Phi) is 6.72. The van der Waals surface area contributed by atoms with Crippen molar-refractivity contribution in [3.8, 4) is 5.75 Å². The fourth-order valence-electron chi connectivity index (χ4n) is 2.86. The highest BCUT2D eigenvalue weighted by atomic mass is 35.5. The van der Waals surface area contributed by atoms with Gasteiger partial charge < -0.3 is 14.8 Å². The van der Waals surface area contributed by atoms with Crippen LogP contribution in [0.1, 0.15) is 18.4 Å². The molecule has 0 spiro atoms. The van der Waals surface area contributed by atoms with E-state index < -0.39 is 18.5 Å². The van der Waals surface area contributed by atoms with Gasteiger partial charge in [-0.15, -0.1) is 0 Å². The van der Waals surface area contributed by atoms with E-state index in [1.54, 1.807) is 36.4 Å². The van der Waals surface area contributed by atoms with E-state index in [2.05, 4.69) is 5.32 Å². The second kappa shape index (κ2) is 9.43. The highest BCUT2D eigenvalue weighted by molar-refractivity contribution is 6.31. The van der Waals surface area contributed by atoms with E-state index in [-0.39, 0.29) is 18.9 Å². The first kappa shape index (κ1) is 20.7. The van der Waals surface area contributed by atoms with Gasteiger partial charge in [-0.05, 0) is 49.2 Å². The number of nitrogens with one attached hydrogen (secondary N) is 1. The molecule has 1 N–H and O–H groups in total. The number of amides is 2. The maximum Gasteiger partial charge on any atom is 0.306 e. The van der Waals surface area contributed by atoms with Gasteiger partial charge in [-0.25, -0.2) is 0 Å². The van der Waals surface area contributed by atoms with Gasteiger partial charge in [-0.3, -0.25) is 19.3 Å². The molecule has 0 radical (unpaired) electrons. The Morgan fingerprint density at radius 2 is 2.00 bits per heavy atom. The molecule has 2 amide bonds. The van der Waals surface area contributed by atoms with Crippen molar-refractivity contribution in [2.75, 3.05) is 30.0 Å². The molecule has 0 saturated carbocycles. The van der Waals surface area contributed by atoms with Gasteiger partial charge in [0.1, 0.15) is 12.3 Å². The molecule has 0 unspecified atom stereocenters. The summed E-state index contributed by atoms with van der Waals surface area (Å²) in [6, 6.07) is 12.3. The number of carbonyl (C=O) groups excluding carboxylic acids is 3. The Bertz CT molecular complexity index is 931. The molecule has 29 heavy (non-hydrogen) atoms.